The molecule has 0 saturated carbocycles. The van der Waals surface area contributed by atoms with Gasteiger partial charge in [-0.2, -0.15) is 18.3 Å². The van der Waals surface area contributed by atoms with E-state index in [-0.39, 0.29) is 5.82 Å². The van der Waals surface area contributed by atoms with Crippen LogP contribution in [0, 0.1) is 3.57 Å². The van der Waals surface area contributed by atoms with Crippen LogP contribution in [0.3, 0.4) is 0 Å². The van der Waals surface area contributed by atoms with Gasteiger partial charge in [0.2, 0.25) is 0 Å². The molecule has 0 atom stereocenters. The number of pyridine rings is 1. The van der Waals surface area contributed by atoms with Crippen molar-refractivity contribution in [1.82, 2.24) is 20.1 Å². The Bertz CT molecular complexity index is 686. The van der Waals surface area contributed by atoms with Gasteiger partial charge in [-0.25, -0.2) is 14.5 Å². The minimum Gasteiger partial charge on any atom is -0.338 e. The monoisotopic (exact) mass is 425 g/mol. The lowest BCUT2D eigenvalue weighted by Gasteiger charge is -2.09. The molecule has 2 heterocycles. The van der Waals surface area contributed by atoms with Crippen molar-refractivity contribution in [1.29, 1.82) is 0 Å². The molecule has 2 N–H and O–H groups in total. The highest BCUT2D eigenvalue weighted by Gasteiger charge is 2.33. The van der Waals surface area contributed by atoms with Crippen LogP contribution in [0.2, 0.25) is 0 Å². The lowest BCUT2D eigenvalue weighted by molar-refractivity contribution is -0.141. The van der Waals surface area contributed by atoms with E-state index in [0.717, 1.165) is 10.7 Å². The molecule has 6 nitrogen and oxygen atoms in total. The molecule has 0 aliphatic rings. The molecule has 0 radical (unpaired) electrons. The van der Waals surface area contributed by atoms with Crippen LogP contribution in [-0.2, 0) is 6.18 Å². The topological polar surface area (TPSA) is 71.8 Å². The van der Waals surface area contributed by atoms with Gasteiger partial charge in [-0.05, 0) is 35.6 Å². The molecule has 0 bridgehead atoms. The quantitative estimate of drug-likeness (QED) is 0.743. The van der Waals surface area contributed by atoms with Gasteiger partial charge in [0.1, 0.15) is 5.82 Å². The van der Waals surface area contributed by atoms with Gasteiger partial charge in [-0.15, -0.1) is 0 Å². The fourth-order valence-corrected chi connectivity index (χ4v) is 2.14. The molecule has 2 amide bonds. The number of urea groups is 1. The first kappa shape index (κ1) is 16.5. The predicted molar refractivity (Wildman–Crippen MR) is 81.8 cm³/mol. The molecule has 2 rings (SSSR count). The molecule has 118 valence electrons. The number of halogens is 4. The third-order valence-electron chi connectivity index (χ3n) is 2.54. The summed E-state index contributed by atoms with van der Waals surface area (Å²) in [4.78, 5) is 15.4. The van der Waals surface area contributed by atoms with E-state index >= 15 is 0 Å². The van der Waals surface area contributed by atoms with Crippen LogP contribution >= 0.6 is 22.6 Å². The highest BCUT2D eigenvalue weighted by molar-refractivity contribution is 14.1. The van der Waals surface area contributed by atoms with E-state index in [4.69, 9.17) is 0 Å². The van der Waals surface area contributed by atoms with Crippen molar-refractivity contribution in [3.05, 3.63) is 33.8 Å². The maximum Gasteiger partial charge on any atom is 0.435 e. The molecule has 0 saturated heterocycles. The van der Waals surface area contributed by atoms with Crippen molar-refractivity contribution in [2.75, 3.05) is 11.9 Å². The Morgan fingerprint density at radius 3 is 2.77 bits per heavy atom. The summed E-state index contributed by atoms with van der Waals surface area (Å²) in [5.41, 5.74) is -0.601. The first-order valence-electron chi connectivity index (χ1n) is 6.15. The number of amides is 2. The second kappa shape index (κ2) is 6.50. The van der Waals surface area contributed by atoms with Crippen LogP contribution < -0.4 is 10.6 Å². The summed E-state index contributed by atoms with van der Waals surface area (Å²) in [6, 6.07) is 1.89. The molecule has 10 heteroatoms. The largest absolute Gasteiger partial charge is 0.435 e. The van der Waals surface area contributed by atoms with Crippen molar-refractivity contribution in [2.24, 2.45) is 0 Å². The first-order chi connectivity index (χ1) is 10.3. The number of rotatable bonds is 3. The van der Waals surface area contributed by atoms with Crippen LogP contribution in [0.25, 0.3) is 5.69 Å². The third kappa shape index (κ3) is 3.87. The van der Waals surface area contributed by atoms with Crippen molar-refractivity contribution in [3.8, 4) is 5.69 Å². The van der Waals surface area contributed by atoms with Crippen molar-refractivity contribution in [2.45, 2.75) is 13.1 Å². The van der Waals surface area contributed by atoms with Crippen LogP contribution in [-0.4, -0.2) is 27.3 Å². The summed E-state index contributed by atoms with van der Waals surface area (Å²) in [5, 5.41) is 8.52. The number of alkyl halides is 3. The summed E-state index contributed by atoms with van der Waals surface area (Å²) >= 11 is 1.93. The Morgan fingerprint density at radius 1 is 1.45 bits per heavy atom. The van der Waals surface area contributed by atoms with Gasteiger partial charge in [-0.1, -0.05) is 0 Å². The number of hydrogen-bond acceptors (Lipinski definition) is 3. The molecular weight excluding hydrogens is 414 g/mol. The molecule has 0 spiro atoms. The minimum absolute atomic E-state index is 0.213. The number of carbonyl (C=O) groups is 1. The van der Waals surface area contributed by atoms with E-state index < -0.39 is 17.9 Å². The first-order valence-corrected chi connectivity index (χ1v) is 7.22. The smallest absolute Gasteiger partial charge is 0.338 e. The van der Waals surface area contributed by atoms with Crippen LogP contribution in [0.4, 0.5) is 23.8 Å². The van der Waals surface area contributed by atoms with Gasteiger partial charge in [0.05, 0.1) is 9.26 Å². The van der Waals surface area contributed by atoms with Crippen LogP contribution in [0.15, 0.2) is 24.5 Å². The number of nitrogens with one attached hydrogen (secondary N) is 2. The number of nitrogens with zero attached hydrogens (tertiary/aromatic N) is 3. The van der Waals surface area contributed by atoms with E-state index in [0.29, 0.717) is 15.8 Å². The zero-order valence-electron chi connectivity index (χ0n) is 11.3. The second-order valence-electron chi connectivity index (χ2n) is 4.15. The fourth-order valence-electron chi connectivity index (χ4n) is 1.60. The average molecular weight is 425 g/mol. The predicted octanol–water partition coefficient (Wildman–Crippen LogP) is 3.03. The maximum atomic E-state index is 12.6. The number of hydrogen-bond donors (Lipinski definition) is 2. The molecule has 0 aliphatic carbocycles. The summed E-state index contributed by atoms with van der Waals surface area (Å²) in [6.45, 7) is 2.20. The van der Waals surface area contributed by atoms with Crippen LogP contribution in [0.5, 0.6) is 0 Å². The lowest BCUT2D eigenvalue weighted by Crippen LogP contribution is -2.28. The fraction of sp³-hybridized carbons (Fsp3) is 0.250. The van der Waals surface area contributed by atoms with Gasteiger partial charge in [0, 0.05) is 25.0 Å². The SMILES string of the molecule is CCNC(=O)Nc1cc(-n2ccc(C(F)(F)F)n2)c(I)cn1. The highest BCUT2D eigenvalue weighted by Crippen LogP contribution is 2.28. The third-order valence-corrected chi connectivity index (χ3v) is 3.37. The standard InChI is InChI=1S/C12H11F3IN5O/c1-2-17-11(22)19-10-5-8(7(16)6-18-10)21-4-3-9(20-21)12(13,14)15/h3-6H,2H2,1H3,(H2,17,18,19,22). The van der Waals surface area contributed by atoms with Crippen molar-refractivity contribution in [3.63, 3.8) is 0 Å². The minimum atomic E-state index is -4.51. The Morgan fingerprint density at radius 2 is 2.18 bits per heavy atom. The van der Waals surface area contributed by atoms with E-state index in [9.17, 15) is 18.0 Å². The molecule has 22 heavy (non-hydrogen) atoms. The van der Waals surface area contributed by atoms with Crippen molar-refractivity contribution < 1.29 is 18.0 Å². The Hall–Kier alpha value is -1.85. The Labute approximate surface area is 137 Å². The summed E-state index contributed by atoms with van der Waals surface area (Å²) < 4.78 is 39.5. The van der Waals surface area contributed by atoms with E-state index in [2.05, 4.69) is 20.7 Å². The normalized spacial score (nSPS) is 11.3. The lowest BCUT2D eigenvalue weighted by atomic mass is 10.4. The van der Waals surface area contributed by atoms with E-state index in [1.54, 1.807) is 6.92 Å². The highest BCUT2D eigenvalue weighted by atomic mass is 127. The Balaban J connectivity index is 2.30. The number of aromatic nitrogens is 3. The zero-order chi connectivity index (χ0) is 16.3. The van der Waals surface area contributed by atoms with Gasteiger partial charge in [0.15, 0.2) is 5.69 Å². The van der Waals surface area contributed by atoms with Gasteiger partial charge in [0.25, 0.3) is 0 Å². The number of carbonyl (C=O) groups excluding carboxylic acids is 1. The van der Waals surface area contributed by atoms with Gasteiger partial charge >= 0.3 is 12.2 Å². The van der Waals surface area contributed by atoms with Crippen LogP contribution in [0.1, 0.15) is 12.6 Å². The van der Waals surface area contributed by atoms with Gasteiger partial charge in [-0.3, -0.25) is 5.32 Å². The summed E-state index contributed by atoms with van der Waals surface area (Å²) in [7, 11) is 0. The maximum absolute atomic E-state index is 12.6. The Kier molecular flexibility index (Phi) is 4.88. The molecule has 2 aromatic rings. The van der Waals surface area contributed by atoms with Crippen molar-refractivity contribution >= 4 is 34.4 Å². The summed E-state index contributed by atoms with van der Waals surface area (Å²) in [6.07, 6.45) is -1.87. The molecule has 0 fully saturated rings. The summed E-state index contributed by atoms with van der Waals surface area (Å²) in [5.74, 6) is 0.213. The van der Waals surface area contributed by atoms with E-state index in [1.165, 1.54) is 18.5 Å². The second-order valence-corrected chi connectivity index (χ2v) is 5.31. The zero-order valence-corrected chi connectivity index (χ0v) is 13.4. The molecular formula is C12H11F3IN5O. The molecule has 0 unspecified atom stereocenters. The average Bonchev–Trinajstić information content (AvgIpc) is 2.90. The molecule has 0 aliphatic heterocycles. The number of anilines is 1. The van der Waals surface area contributed by atoms with E-state index in [1.807, 2.05) is 22.6 Å². The molecule has 2 aromatic heterocycles. The molecule has 0 aromatic carbocycles. The van der Waals surface area contributed by atoms with Gasteiger partial charge < -0.3 is 5.32 Å².